The number of hydrogen-bond acceptors (Lipinski definition) is 4. The van der Waals surface area contributed by atoms with Gasteiger partial charge in [0.1, 0.15) is 0 Å². The molecule has 5 nitrogen and oxygen atoms in total. The molecule has 0 unspecified atom stereocenters. The van der Waals surface area contributed by atoms with Crippen molar-refractivity contribution in [2.24, 2.45) is 0 Å². The largest absolute Gasteiger partial charge is 0.493 e. The fourth-order valence-electron chi connectivity index (χ4n) is 4.25. The topological polar surface area (TPSA) is 55.8 Å². The van der Waals surface area contributed by atoms with Gasteiger partial charge in [0.25, 0.3) is 0 Å². The van der Waals surface area contributed by atoms with Crippen LogP contribution in [-0.2, 0) is 22.0 Å². The Bertz CT molecular complexity index is 708. The van der Waals surface area contributed by atoms with Crippen molar-refractivity contribution in [1.82, 2.24) is 4.31 Å². The van der Waals surface area contributed by atoms with Gasteiger partial charge in [0.05, 0.1) is 20.0 Å². The molecule has 24 heavy (non-hydrogen) atoms. The van der Waals surface area contributed by atoms with Gasteiger partial charge >= 0.3 is 0 Å². The second-order valence-electron chi connectivity index (χ2n) is 6.87. The zero-order chi connectivity index (χ0) is 17.4. The third-order valence-corrected chi connectivity index (χ3v) is 7.35. The molecule has 1 aromatic carbocycles. The average Bonchev–Trinajstić information content (AvgIpc) is 2.61. The minimum absolute atomic E-state index is 0.0897. The van der Waals surface area contributed by atoms with E-state index in [4.69, 9.17) is 9.47 Å². The molecule has 1 fully saturated rings. The van der Waals surface area contributed by atoms with Crippen molar-refractivity contribution in [3.8, 4) is 11.5 Å². The lowest BCUT2D eigenvalue weighted by Crippen LogP contribution is -2.49. The molecular formula is C18H27NO4S. The maximum Gasteiger partial charge on any atom is 0.214 e. The molecule has 1 aromatic rings. The molecule has 0 radical (unpaired) electrons. The van der Waals surface area contributed by atoms with Crippen LogP contribution in [0.15, 0.2) is 12.1 Å². The zero-order valence-electron chi connectivity index (χ0n) is 14.8. The van der Waals surface area contributed by atoms with Crippen molar-refractivity contribution < 1.29 is 17.9 Å². The maximum absolute atomic E-state index is 12.5. The summed E-state index contributed by atoms with van der Waals surface area (Å²) in [6.07, 6.45) is 5.59. The predicted molar refractivity (Wildman–Crippen MR) is 94.2 cm³/mol. The molecule has 134 valence electrons. The van der Waals surface area contributed by atoms with Crippen LogP contribution in [-0.4, -0.2) is 39.2 Å². The molecule has 1 spiro atoms. The molecule has 0 atom stereocenters. The van der Waals surface area contributed by atoms with Crippen LogP contribution >= 0.6 is 0 Å². The van der Waals surface area contributed by atoms with Crippen LogP contribution in [0, 0.1) is 0 Å². The second kappa shape index (κ2) is 6.56. The van der Waals surface area contributed by atoms with Crippen LogP contribution in [0.4, 0.5) is 0 Å². The van der Waals surface area contributed by atoms with E-state index in [-0.39, 0.29) is 11.2 Å². The quantitative estimate of drug-likeness (QED) is 0.835. The second-order valence-corrected chi connectivity index (χ2v) is 9.13. The number of methoxy groups -OCH3 is 2. The van der Waals surface area contributed by atoms with Gasteiger partial charge in [-0.2, -0.15) is 4.31 Å². The summed E-state index contributed by atoms with van der Waals surface area (Å²) in [5, 5.41) is 0. The highest BCUT2D eigenvalue weighted by atomic mass is 32.2. The van der Waals surface area contributed by atoms with E-state index in [0.717, 1.165) is 37.0 Å². The summed E-state index contributed by atoms with van der Waals surface area (Å²) >= 11 is 0. The first-order valence-electron chi connectivity index (χ1n) is 8.69. The molecule has 2 aliphatic rings. The van der Waals surface area contributed by atoms with Gasteiger partial charge in [0.15, 0.2) is 11.5 Å². The van der Waals surface area contributed by atoms with Crippen LogP contribution in [0.3, 0.4) is 0 Å². The van der Waals surface area contributed by atoms with Crippen molar-refractivity contribution in [2.45, 2.75) is 51.0 Å². The summed E-state index contributed by atoms with van der Waals surface area (Å²) < 4.78 is 37.7. The van der Waals surface area contributed by atoms with Crippen LogP contribution < -0.4 is 9.47 Å². The Labute approximate surface area is 145 Å². The van der Waals surface area contributed by atoms with E-state index in [1.54, 1.807) is 25.4 Å². The van der Waals surface area contributed by atoms with E-state index in [1.165, 1.54) is 12.0 Å². The summed E-state index contributed by atoms with van der Waals surface area (Å²) in [7, 11) is 0.0491. The van der Waals surface area contributed by atoms with Crippen LogP contribution in [0.5, 0.6) is 11.5 Å². The molecule has 3 rings (SSSR count). The zero-order valence-corrected chi connectivity index (χ0v) is 15.6. The van der Waals surface area contributed by atoms with Crippen molar-refractivity contribution in [3.63, 3.8) is 0 Å². The molecule has 1 aliphatic heterocycles. The Morgan fingerprint density at radius 3 is 2.29 bits per heavy atom. The number of nitrogens with zero attached hydrogens (tertiary/aromatic N) is 1. The number of fused-ring (bicyclic) bond motifs is 2. The first-order valence-corrected chi connectivity index (χ1v) is 10.3. The first kappa shape index (κ1) is 17.5. The third kappa shape index (κ3) is 2.90. The minimum Gasteiger partial charge on any atom is -0.493 e. The first-order chi connectivity index (χ1) is 11.5. The fourth-order valence-corrected chi connectivity index (χ4v) is 5.39. The van der Waals surface area contributed by atoms with E-state index in [2.05, 4.69) is 6.07 Å². The standard InChI is InChI=1S/C18H27NO4S/c1-4-24(20,21)19-12-14-10-16(22-2)17(23-3)11-15(14)18(13-19)8-6-5-7-9-18/h10-11H,4-9,12-13H2,1-3H3. The summed E-state index contributed by atoms with van der Waals surface area (Å²) in [5.74, 6) is 1.54. The highest BCUT2D eigenvalue weighted by Gasteiger charge is 2.43. The van der Waals surface area contributed by atoms with Crippen LogP contribution in [0.1, 0.15) is 50.2 Å². The number of ether oxygens (including phenoxy) is 2. The Hall–Kier alpha value is -1.27. The monoisotopic (exact) mass is 353 g/mol. The van der Waals surface area contributed by atoms with E-state index in [9.17, 15) is 8.42 Å². The molecule has 1 aliphatic carbocycles. The van der Waals surface area contributed by atoms with Gasteiger partial charge in [0, 0.05) is 18.5 Å². The molecule has 0 N–H and O–H groups in total. The summed E-state index contributed by atoms with van der Waals surface area (Å²) in [4.78, 5) is 0. The number of sulfonamides is 1. The minimum atomic E-state index is -3.21. The van der Waals surface area contributed by atoms with Gasteiger partial charge < -0.3 is 9.47 Å². The molecule has 0 amide bonds. The SMILES string of the molecule is CCS(=O)(=O)N1Cc2cc(OC)c(OC)cc2C2(CCCCC2)C1. The van der Waals surface area contributed by atoms with E-state index >= 15 is 0 Å². The van der Waals surface area contributed by atoms with Gasteiger partial charge in [-0.3, -0.25) is 0 Å². The lowest BCUT2D eigenvalue weighted by atomic mass is 9.66. The fraction of sp³-hybridized carbons (Fsp3) is 0.667. The summed E-state index contributed by atoms with van der Waals surface area (Å²) in [5.41, 5.74) is 2.22. The average molecular weight is 353 g/mol. The van der Waals surface area contributed by atoms with E-state index in [1.807, 2.05) is 6.07 Å². The lowest BCUT2D eigenvalue weighted by molar-refractivity contribution is 0.205. The molecule has 0 bridgehead atoms. The number of benzene rings is 1. The number of hydrogen-bond donors (Lipinski definition) is 0. The normalized spacial score (nSPS) is 20.6. The van der Waals surface area contributed by atoms with Gasteiger partial charge in [-0.15, -0.1) is 0 Å². The molecule has 1 heterocycles. The van der Waals surface area contributed by atoms with Crippen molar-refractivity contribution in [1.29, 1.82) is 0 Å². The van der Waals surface area contributed by atoms with Gasteiger partial charge in [-0.05, 0) is 43.0 Å². The highest BCUT2D eigenvalue weighted by Crippen LogP contribution is 2.48. The highest BCUT2D eigenvalue weighted by molar-refractivity contribution is 7.89. The molecular weight excluding hydrogens is 326 g/mol. The maximum atomic E-state index is 12.5. The Morgan fingerprint density at radius 2 is 1.71 bits per heavy atom. The third-order valence-electron chi connectivity index (χ3n) is 5.58. The molecule has 0 saturated heterocycles. The summed E-state index contributed by atoms with van der Waals surface area (Å²) in [6, 6.07) is 4.04. The van der Waals surface area contributed by atoms with Crippen molar-refractivity contribution >= 4 is 10.0 Å². The van der Waals surface area contributed by atoms with Gasteiger partial charge in [0.2, 0.25) is 10.0 Å². The van der Waals surface area contributed by atoms with E-state index in [0.29, 0.717) is 18.8 Å². The van der Waals surface area contributed by atoms with Gasteiger partial charge in [-0.1, -0.05) is 19.3 Å². The predicted octanol–water partition coefficient (Wildman–Crippen LogP) is 3.07. The lowest BCUT2D eigenvalue weighted by Gasteiger charge is -2.46. The molecule has 6 heteroatoms. The van der Waals surface area contributed by atoms with Crippen LogP contribution in [0.25, 0.3) is 0 Å². The Kier molecular flexibility index (Phi) is 4.80. The molecule has 1 saturated carbocycles. The Balaban J connectivity index is 2.13. The van der Waals surface area contributed by atoms with E-state index < -0.39 is 10.0 Å². The van der Waals surface area contributed by atoms with Crippen molar-refractivity contribution in [2.75, 3.05) is 26.5 Å². The number of rotatable bonds is 4. The van der Waals surface area contributed by atoms with Gasteiger partial charge in [-0.25, -0.2) is 8.42 Å². The van der Waals surface area contributed by atoms with Crippen molar-refractivity contribution in [3.05, 3.63) is 23.3 Å². The van der Waals surface area contributed by atoms with Crippen LogP contribution in [0.2, 0.25) is 0 Å². The smallest absolute Gasteiger partial charge is 0.214 e. The molecule has 0 aromatic heterocycles. The Morgan fingerprint density at radius 1 is 1.08 bits per heavy atom. The summed E-state index contributed by atoms with van der Waals surface area (Å²) in [6.45, 7) is 2.73.